The molecule has 2 aromatic heterocycles. The van der Waals surface area contributed by atoms with E-state index in [1.54, 1.807) is 19.5 Å². The van der Waals surface area contributed by atoms with Gasteiger partial charge in [-0.05, 0) is 48.9 Å². The Morgan fingerprint density at radius 1 is 1.15 bits per heavy atom. The zero-order valence-corrected chi connectivity index (χ0v) is 15.3. The molecule has 1 amide bonds. The molecule has 1 N–H and O–H groups in total. The van der Waals surface area contributed by atoms with E-state index in [1.165, 1.54) is 0 Å². The lowest BCUT2D eigenvalue weighted by atomic mass is 10.2. The van der Waals surface area contributed by atoms with Gasteiger partial charge in [0.2, 0.25) is 11.8 Å². The molecule has 7 heteroatoms. The molecule has 1 aromatic carbocycles. The van der Waals surface area contributed by atoms with Crippen LogP contribution in [0.25, 0.3) is 11.5 Å². The molecule has 140 valence electrons. The number of benzene rings is 1. The molecule has 0 saturated carbocycles. The Bertz CT molecular complexity index is 876. The average molecular weight is 367 g/mol. The Hall–Kier alpha value is -3.19. The third kappa shape index (κ3) is 5.15. The highest BCUT2D eigenvalue weighted by atomic mass is 16.5. The van der Waals surface area contributed by atoms with Crippen LogP contribution >= 0.6 is 0 Å². The molecule has 0 radical (unpaired) electrons. The molecule has 2 heterocycles. The van der Waals surface area contributed by atoms with Gasteiger partial charge < -0.3 is 19.2 Å². The Morgan fingerprint density at radius 2 is 1.89 bits per heavy atom. The smallest absolute Gasteiger partial charge is 0.246 e. The van der Waals surface area contributed by atoms with E-state index in [1.807, 2.05) is 43.3 Å². The van der Waals surface area contributed by atoms with E-state index in [4.69, 9.17) is 13.9 Å². The normalized spacial score (nSPS) is 10.6. The molecule has 0 spiro atoms. The van der Waals surface area contributed by atoms with Gasteiger partial charge in [-0.25, -0.2) is 4.98 Å². The number of carbonyl (C=O) groups is 1. The van der Waals surface area contributed by atoms with Crippen molar-refractivity contribution in [3.63, 3.8) is 0 Å². The maximum absolute atomic E-state index is 11.9. The van der Waals surface area contributed by atoms with Gasteiger partial charge in [0.25, 0.3) is 0 Å². The van der Waals surface area contributed by atoms with Crippen molar-refractivity contribution in [2.45, 2.75) is 20.1 Å². The number of carbonyl (C=O) groups excluding carboxylic acids is 1. The number of rotatable bonds is 8. The van der Waals surface area contributed by atoms with Gasteiger partial charge in [-0.15, -0.1) is 0 Å². The summed E-state index contributed by atoms with van der Waals surface area (Å²) >= 11 is 0. The second kappa shape index (κ2) is 8.95. The maximum atomic E-state index is 11.9. The summed E-state index contributed by atoms with van der Waals surface area (Å²) in [5.74, 6) is 1.75. The zero-order valence-electron chi connectivity index (χ0n) is 15.3. The predicted octanol–water partition coefficient (Wildman–Crippen LogP) is 2.89. The SMILES string of the molecule is COc1ccc(-c2nc(COCC(=O)NCc3ccncc3)c(C)o2)cc1. The fourth-order valence-corrected chi connectivity index (χ4v) is 2.41. The minimum Gasteiger partial charge on any atom is -0.497 e. The number of nitrogens with zero attached hydrogens (tertiary/aromatic N) is 2. The second-order valence-electron chi connectivity index (χ2n) is 5.88. The summed E-state index contributed by atoms with van der Waals surface area (Å²) in [5.41, 5.74) is 2.50. The van der Waals surface area contributed by atoms with Gasteiger partial charge in [-0.1, -0.05) is 0 Å². The molecule has 7 nitrogen and oxygen atoms in total. The van der Waals surface area contributed by atoms with Crippen LogP contribution in [-0.4, -0.2) is 29.6 Å². The maximum Gasteiger partial charge on any atom is 0.246 e. The summed E-state index contributed by atoms with van der Waals surface area (Å²) in [7, 11) is 1.62. The summed E-state index contributed by atoms with van der Waals surface area (Å²) in [6.45, 7) is 2.42. The van der Waals surface area contributed by atoms with Crippen LogP contribution < -0.4 is 10.1 Å². The standard InChI is InChI=1S/C20H21N3O4/c1-14-18(23-20(27-14)16-3-5-17(25-2)6-4-16)12-26-13-19(24)22-11-15-7-9-21-10-8-15/h3-10H,11-13H2,1-2H3,(H,22,24). The van der Waals surface area contributed by atoms with E-state index >= 15 is 0 Å². The summed E-state index contributed by atoms with van der Waals surface area (Å²) in [6, 6.07) is 11.1. The molecule has 0 unspecified atom stereocenters. The molecule has 27 heavy (non-hydrogen) atoms. The molecule has 0 saturated heterocycles. The van der Waals surface area contributed by atoms with Gasteiger partial charge in [0.1, 0.15) is 23.8 Å². The van der Waals surface area contributed by atoms with E-state index in [2.05, 4.69) is 15.3 Å². The lowest BCUT2D eigenvalue weighted by molar-refractivity contribution is -0.126. The van der Waals surface area contributed by atoms with E-state index < -0.39 is 0 Å². The molecular weight excluding hydrogens is 346 g/mol. The Balaban J connectivity index is 1.49. The molecule has 0 aliphatic carbocycles. The molecule has 0 aliphatic rings. The first kappa shape index (κ1) is 18.6. The number of oxazole rings is 1. The number of nitrogens with one attached hydrogen (secondary N) is 1. The van der Waals surface area contributed by atoms with Crippen LogP contribution in [0.4, 0.5) is 0 Å². The number of methoxy groups -OCH3 is 1. The third-order valence-corrected chi connectivity index (χ3v) is 3.94. The van der Waals surface area contributed by atoms with Crippen molar-refractivity contribution in [3.05, 3.63) is 65.8 Å². The number of aryl methyl sites for hydroxylation is 1. The topological polar surface area (TPSA) is 86.5 Å². The summed E-state index contributed by atoms with van der Waals surface area (Å²) < 4.78 is 16.3. The summed E-state index contributed by atoms with van der Waals surface area (Å²) in [5, 5.41) is 2.79. The van der Waals surface area contributed by atoms with E-state index in [0.717, 1.165) is 16.9 Å². The minimum atomic E-state index is -0.191. The van der Waals surface area contributed by atoms with Crippen LogP contribution in [0.15, 0.2) is 53.2 Å². The van der Waals surface area contributed by atoms with Crippen molar-refractivity contribution in [2.24, 2.45) is 0 Å². The molecule has 3 aromatic rings. The fraction of sp³-hybridized carbons (Fsp3) is 0.250. The lowest BCUT2D eigenvalue weighted by Crippen LogP contribution is -2.27. The number of ether oxygens (including phenoxy) is 2. The first-order chi connectivity index (χ1) is 13.2. The molecule has 0 atom stereocenters. The van der Waals surface area contributed by atoms with Crippen molar-refractivity contribution in [1.29, 1.82) is 0 Å². The van der Waals surface area contributed by atoms with Gasteiger partial charge in [0, 0.05) is 24.5 Å². The summed E-state index contributed by atoms with van der Waals surface area (Å²) in [6.07, 6.45) is 3.37. The van der Waals surface area contributed by atoms with Gasteiger partial charge in [0.05, 0.1) is 13.7 Å². The van der Waals surface area contributed by atoms with Gasteiger partial charge in [0.15, 0.2) is 0 Å². The number of hydrogen-bond donors (Lipinski definition) is 1. The third-order valence-electron chi connectivity index (χ3n) is 3.94. The van der Waals surface area contributed by atoms with Crippen molar-refractivity contribution in [1.82, 2.24) is 15.3 Å². The van der Waals surface area contributed by atoms with Gasteiger partial charge >= 0.3 is 0 Å². The zero-order chi connectivity index (χ0) is 19.1. The first-order valence-electron chi connectivity index (χ1n) is 8.50. The van der Waals surface area contributed by atoms with Crippen LogP contribution in [0.5, 0.6) is 5.75 Å². The quantitative estimate of drug-likeness (QED) is 0.659. The Labute approximate surface area is 157 Å². The summed E-state index contributed by atoms with van der Waals surface area (Å²) in [4.78, 5) is 20.3. The van der Waals surface area contributed by atoms with Gasteiger partial charge in [-0.3, -0.25) is 9.78 Å². The van der Waals surface area contributed by atoms with Crippen LogP contribution in [0.1, 0.15) is 17.0 Å². The monoisotopic (exact) mass is 367 g/mol. The molecule has 0 aliphatic heterocycles. The molecule has 3 rings (SSSR count). The van der Waals surface area contributed by atoms with E-state index in [0.29, 0.717) is 23.9 Å². The van der Waals surface area contributed by atoms with Crippen molar-refractivity contribution < 1.29 is 18.7 Å². The van der Waals surface area contributed by atoms with E-state index in [9.17, 15) is 4.79 Å². The highest BCUT2D eigenvalue weighted by molar-refractivity contribution is 5.77. The van der Waals surface area contributed by atoms with Crippen molar-refractivity contribution in [3.8, 4) is 17.2 Å². The highest BCUT2D eigenvalue weighted by Crippen LogP contribution is 2.24. The van der Waals surface area contributed by atoms with Crippen LogP contribution in [0.2, 0.25) is 0 Å². The lowest BCUT2D eigenvalue weighted by Gasteiger charge is -2.05. The molecule has 0 fully saturated rings. The van der Waals surface area contributed by atoms with Crippen molar-refractivity contribution in [2.75, 3.05) is 13.7 Å². The largest absolute Gasteiger partial charge is 0.497 e. The number of hydrogen-bond acceptors (Lipinski definition) is 6. The second-order valence-corrected chi connectivity index (χ2v) is 5.88. The Kier molecular flexibility index (Phi) is 6.17. The van der Waals surface area contributed by atoms with Crippen LogP contribution in [-0.2, 0) is 22.7 Å². The fourth-order valence-electron chi connectivity index (χ4n) is 2.41. The Morgan fingerprint density at radius 3 is 2.59 bits per heavy atom. The van der Waals surface area contributed by atoms with Crippen molar-refractivity contribution >= 4 is 5.91 Å². The van der Waals surface area contributed by atoms with Crippen LogP contribution in [0, 0.1) is 6.92 Å². The number of aromatic nitrogens is 2. The molecular formula is C20H21N3O4. The predicted molar refractivity (Wildman–Crippen MR) is 99.0 cm³/mol. The number of pyridine rings is 1. The van der Waals surface area contributed by atoms with Gasteiger partial charge in [-0.2, -0.15) is 0 Å². The average Bonchev–Trinajstić information content (AvgIpc) is 3.08. The first-order valence-corrected chi connectivity index (χ1v) is 8.50. The van der Waals surface area contributed by atoms with Crippen LogP contribution in [0.3, 0.4) is 0 Å². The molecule has 0 bridgehead atoms. The number of amides is 1. The minimum absolute atomic E-state index is 0.0464. The van der Waals surface area contributed by atoms with E-state index in [-0.39, 0.29) is 19.1 Å². The highest BCUT2D eigenvalue weighted by Gasteiger charge is 2.12.